The van der Waals surface area contributed by atoms with Gasteiger partial charge in [-0.1, -0.05) is 13.3 Å². The van der Waals surface area contributed by atoms with E-state index in [-0.39, 0.29) is 17.9 Å². The first-order chi connectivity index (χ1) is 13.4. The van der Waals surface area contributed by atoms with Gasteiger partial charge in [-0.05, 0) is 26.3 Å². The highest BCUT2D eigenvalue weighted by atomic mass is 16.5. The Bertz CT molecular complexity index is 871. The van der Waals surface area contributed by atoms with Crippen LogP contribution in [0.25, 0.3) is 0 Å². The van der Waals surface area contributed by atoms with Crippen molar-refractivity contribution in [2.45, 2.75) is 46.2 Å². The first-order valence-electron chi connectivity index (χ1n) is 9.57. The number of ether oxygens (including phenoxy) is 1. The largest absolute Gasteiger partial charge is 0.481 e. The zero-order valence-corrected chi connectivity index (χ0v) is 16.9. The van der Waals surface area contributed by atoms with Gasteiger partial charge < -0.3 is 15.0 Å². The van der Waals surface area contributed by atoms with Crippen molar-refractivity contribution in [3.05, 3.63) is 40.8 Å². The minimum atomic E-state index is -0.140. The van der Waals surface area contributed by atoms with Gasteiger partial charge in [0, 0.05) is 37.6 Å². The molecule has 3 rings (SSSR count). The van der Waals surface area contributed by atoms with Gasteiger partial charge in [-0.25, -0.2) is 4.98 Å². The van der Waals surface area contributed by atoms with Crippen molar-refractivity contribution in [3.63, 3.8) is 0 Å². The van der Waals surface area contributed by atoms with Gasteiger partial charge in [0.25, 0.3) is 11.8 Å². The normalized spacial score (nSPS) is 13.9. The van der Waals surface area contributed by atoms with Gasteiger partial charge in [0.15, 0.2) is 0 Å². The molecule has 0 radical (unpaired) electrons. The predicted octanol–water partition coefficient (Wildman–Crippen LogP) is 1.96. The zero-order chi connectivity index (χ0) is 20.3. The van der Waals surface area contributed by atoms with Crippen molar-refractivity contribution in [1.82, 2.24) is 25.0 Å². The molecule has 1 aliphatic rings. The number of nitrogens with one attached hydrogen (secondary N) is 1. The van der Waals surface area contributed by atoms with Crippen LogP contribution in [0.3, 0.4) is 0 Å². The van der Waals surface area contributed by atoms with Crippen LogP contribution in [0.5, 0.6) is 5.88 Å². The summed E-state index contributed by atoms with van der Waals surface area (Å²) in [6, 6.07) is 1.72. The summed E-state index contributed by atoms with van der Waals surface area (Å²) in [5, 5.41) is 7.39. The van der Waals surface area contributed by atoms with Crippen molar-refractivity contribution in [1.29, 1.82) is 0 Å². The third-order valence-corrected chi connectivity index (χ3v) is 4.91. The molecule has 150 valence electrons. The Balaban J connectivity index is 1.54. The quantitative estimate of drug-likeness (QED) is 0.787. The maximum Gasteiger partial charge on any atom is 0.255 e. The van der Waals surface area contributed by atoms with Crippen molar-refractivity contribution in [3.8, 4) is 5.88 Å². The molecule has 2 amide bonds. The second-order valence-corrected chi connectivity index (χ2v) is 7.18. The number of aromatic nitrogens is 3. The van der Waals surface area contributed by atoms with E-state index in [1.54, 1.807) is 24.3 Å². The summed E-state index contributed by atoms with van der Waals surface area (Å²) in [6.07, 6.45) is 5.43. The molecule has 0 spiro atoms. The molecule has 28 heavy (non-hydrogen) atoms. The van der Waals surface area contributed by atoms with Crippen molar-refractivity contribution >= 4 is 11.8 Å². The van der Waals surface area contributed by atoms with Gasteiger partial charge in [-0.2, -0.15) is 5.10 Å². The molecule has 3 heterocycles. The highest BCUT2D eigenvalue weighted by Crippen LogP contribution is 2.19. The van der Waals surface area contributed by atoms with Gasteiger partial charge >= 0.3 is 0 Å². The number of hydrogen-bond acceptors (Lipinski definition) is 5. The molecule has 8 heteroatoms. The minimum absolute atomic E-state index is 0.0536. The fraction of sp³-hybridized carbons (Fsp3) is 0.500. The predicted molar refractivity (Wildman–Crippen MR) is 105 cm³/mol. The molecule has 0 unspecified atom stereocenters. The van der Waals surface area contributed by atoms with E-state index >= 15 is 0 Å². The van der Waals surface area contributed by atoms with Crippen LogP contribution in [0.15, 0.2) is 18.5 Å². The van der Waals surface area contributed by atoms with Crippen LogP contribution >= 0.6 is 0 Å². The zero-order valence-electron chi connectivity index (χ0n) is 16.9. The summed E-state index contributed by atoms with van der Waals surface area (Å²) in [7, 11) is 1.55. The third-order valence-electron chi connectivity index (χ3n) is 4.91. The third kappa shape index (κ3) is 4.16. The average molecular weight is 385 g/mol. The van der Waals surface area contributed by atoms with Gasteiger partial charge in [-0.15, -0.1) is 0 Å². The highest BCUT2D eigenvalue weighted by Gasteiger charge is 2.33. The van der Waals surface area contributed by atoms with Crippen LogP contribution in [0, 0.1) is 13.8 Å². The molecule has 0 aliphatic carbocycles. The van der Waals surface area contributed by atoms with Crippen LogP contribution in [-0.2, 0) is 6.54 Å². The molecule has 2 aromatic heterocycles. The number of rotatable bonds is 7. The second-order valence-electron chi connectivity index (χ2n) is 7.18. The molecule has 0 bridgehead atoms. The number of nitrogens with zero attached hydrogens (tertiary/aromatic N) is 4. The van der Waals surface area contributed by atoms with Gasteiger partial charge in [0.05, 0.1) is 30.0 Å². The van der Waals surface area contributed by atoms with E-state index in [1.807, 2.05) is 18.5 Å². The van der Waals surface area contributed by atoms with E-state index in [4.69, 9.17) is 4.74 Å². The first-order valence-corrected chi connectivity index (χ1v) is 9.57. The Morgan fingerprint density at radius 1 is 1.32 bits per heavy atom. The number of hydrogen-bond donors (Lipinski definition) is 1. The van der Waals surface area contributed by atoms with Gasteiger partial charge in [0.1, 0.15) is 0 Å². The fourth-order valence-corrected chi connectivity index (χ4v) is 3.25. The summed E-state index contributed by atoms with van der Waals surface area (Å²) < 4.78 is 6.95. The van der Waals surface area contributed by atoms with Crippen LogP contribution in [-0.4, -0.2) is 57.7 Å². The summed E-state index contributed by atoms with van der Waals surface area (Å²) in [5.74, 6) is 0.284. The van der Waals surface area contributed by atoms with Gasteiger partial charge in [-0.3, -0.25) is 14.3 Å². The number of carbonyl (C=O) groups excluding carboxylic acids is 2. The Labute approximate surface area is 164 Å². The number of pyridine rings is 1. The maximum atomic E-state index is 12.6. The molecule has 0 saturated carbocycles. The number of amides is 2. The maximum absolute atomic E-state index is 12.6. The Hall–Kier alpha value is -2.90. The van der Waals surface area contributed by atoms with E-state index in [1.165, 1.54) is 6.20 Å². The van der Waals surface area contributed by atoms with E-state index in [0.29, 0.717) is 30.1 Å². The number of carbonyl (C=O) groups is 2. The Kier molecular flexibility index (Phi) is 5.96. The highest BCUT2D eigenvalue weighted by molar-refractivity contribution is 5.97. The molecule has 0 aromatic carbocycles. The SMILES string of the molecule is CCCCn1cc(C(=O)NC2CN(C(=O)c3cnc(OC)c(C)c3)C2)c(C)n1. The lowest BCUT2D eigenvalue weighted by Crippen LogP contribution is -2.61. The monoisotopic (exact) mass is 385 g/mol. The van der Waals surface area contributed by atoms with Crippen LogP contribution in [0.1, 0.15) is 51.7 Å². The molecule has 8 nitrogen and oxygen atoms in total. The lowest BCUT2D eigenvalue weighted by molar-refractivity contribution is 0.0542. The topological polar surface area (TPSA) is 89.4 Å². The van der Waals surface area contributed by atoms with Crippen molar-refractivity contribution in [2.75, 3.05) is 20.2 Å². The summed E-state index contributed by atoms with van der Waals surface area (Å²) >= 11 is 0. The van der Waals surface area contributed by atoms with E-state index < -0.39 is 0 Å². The van der Waals surface area contributed by atoms with E-state index in [2.05, 4.69) is 22.3 Å². The van der Waals surface area contributed by atoms with E-state index in [0.717, 1.165) is 30.6 Å². The Morgan fingerprint density at radius 2 is 2.07 bits per heavy atom. The van der Waals surface area contributed by atoms with Gasteiger partial charge in [0.2, 0.25) is 5.88 Å². The lowest BCUT2D eigenvalue weighted by atomic mass is 10.1. The molecule has 1 aliphatic heterocycles. The van der Waals surface area contributed by atoms with E-state index in [9.17, 15) is 9.59 Å². The smallest absolute Gasteiger partial charge is 0.255 e. The minimum Gasteiger partial charge on any atom is -0.481 e. The van der Waals surface area contributed by atoms with Crippen molar-refractivity contribution < 1.29 is 14.3 Å². The molecular formula is C20H27N5O3. The number of likely N-dealkylation sites (tertiary alicyclic amines) is 1. The first kappa shape index (κ1) is 19.9. The summed E-state index contributed by atoms with van der Waals surface area (Å²) in [6.45, 7) is 7.59. The standard InChI is InChI=1S/C20H27N5O3/c1-5-6-7-25-12-17(14(3)23-25)18(26)22-16-10-24(11-16)20(27)15-8-13(2)19(28-4)21-9-15/h8-9,12,16H,5-7,10-11H2,1-4H3,(H,22,26). The molecule has 0 atom stereocenters. The average Bonchev–Trinajstić information content (AvgIpc) is 3.02. The Morgan fingerprint density at radius 3 is 2.71 bits per heavy atom. The molecule has 1 saturated heterocycles. The fourth-order valence-electron chi connectivity index (χ4n) is 3.25. The number of unbranched alkanes of at least 4 members (excludes halogenated alkanes) is 1. The lowest BCUT2D eigenvalue weighted by Gasteiger charge is -2.39. The summed E-state index contributed by atoms with van der Waals surface area (Å²) in [4.78, 5) is 30.9. The molecule has 1 N–H and O–H groups in total. The summed E-state index contributed by atoms with van der Waals surface area (Å²) in [5.41, 5.74) is 2.65. The van der Waals surface area contributed by atoms with Crippen molar-refractivity contribution in [2.24, 2.45) is 0 Å². The molecule has 2 aromatic rings. The molecular weight excluding hydrogens is 358 g/mol. The second kappa shape index (κ2) is 8.41. The van der Waals surface area contributed by atoms with Crippen LogP contribution in [0.2, 0.25) is 0 Å². The molecule has 1 fully saturated rings. The number of methoxy groups -OCH3 is 1. The van der Waals surface area contributed by atoms with Crippen LogP contribution in [0.4, 0.5) is 0 Å². The number of aryl methyl sites for hydroxylation is 3. The van der Waals surface area contributed by atoms with Crippen LogP contribution < -0.4 is 10.1 Å².